The molecule has 6 nitrogen and oxygen atoms in total. The molecule has 2 aromatic heterocycles. The van der Waals surface area contributed by atoms with Crippen molar-refractivity contribution in [2.24, 2.45) is 0 Å². The van der Waals surface area contributed by atoms with Gasteiger partial charge in [-0.05, 0) is 44.1 Å². The molecule has 2 saturated heterocycles. The van der Waals surface area contributed by atoms with Gasteiger partial charge in [0.25, 0.3) is 0 Å². The molecule has 0 saturated carbocycles. The minimum absolute atomic E-state index is 0.897. The highest BCUT2D eigenvalue weighted by molar-refractivity contribution is 7.19. The standard InChI is InChI=1S/C21H31N5OS/c1-2-8-26(9-3-1)15-18-23-20(22-7-10-25-11-13-27-14-12-25)19-16-5-4-6-17(16)28-21(19)24-18/h1-15H2,(H,22,23,24)/p+2. The number of rotatable bonds is 6. The number of nitrogens with one attached hydrogen (secondary N) is 3. The highest BCUT2D eigenvalue weighted by atomic mass is 32.1. The number of thiophene rings is 1. The summed E-state index contributed by atoms with van der Waals surface area (Å²) < 4.78 is 5.49. The average molecular weight is 404 g/mol. The first-order chi connectivity index (χ1) is 13.9. The summed E-state index contributed by atoms with van der Waals surface area (Å²) in [4.78, 5) is 16.1. The maximum absolute atomic E-state index is 5.49. The molecule has 0 aromatic carbocycles. The molecule has 3 aliphatic rings. The maximum Gasteiger partial charge on any atom is 0.187 e. The number of hydrogen-bond donors (Lipinski definition) is 3. The Kier molecular flexibility index (Phi) is 5.76. The molecule has 0 spiro atoms. The van der Waals surface area contributed by atoms with Crippen LogP contribution in [0, 0.1) is 0 Å². The number of hydrogen-bond acceptors (Lipinski definition) is 5. The molecule has 0 atom stereocenters. The molecule has 2 aliphatic heterocycles. The Labute approximate surface area is 171 Å². The Bertz CT molecular complexity index is 811. The van der Waals surface area contributed by atoms with Crippen molar-refractivity contribution in [1.82, 2.24) is 9.97 Å². The van der Waals surface area contributed by atoms with E-state index < -0.39 is 0 Å². The molecular formula is C21H33N5OS+2. The van der Waals surface area contributed by atoms with Gasteiger partial charge in [-0.15, -0.1) is 11.3 Å². The second-order valence-electron chi connectivity index (χ2n) is 8.55. The van der Waals surface area contributed by atoms with E-state index in [-0.39, 0.29) is 0 Å². The van der Waals surface area contributed by atoms with Crippen LogP contribution in [0.15, 0.2) is 0 Å². The zero-order valence-corrected chi connectivity index (χ0v) is 17.6. The van der Waals surface area contributed by atoms with Crippen molar-refractivity contribution < 1.29 is 14.5 Å². The van der Waals surface area contributed by atoms with Gasteiger partial charge in [0.2, 0.25) is 0 Å². The van der Waals surface area contributed by atoms with Crippen LogP contribution in [0.3, 0.4) is 0 Å². The lowest BCUT2D eigenvalue weighted by Crippen LogP contribution is -3.14. The quantitative estimate of drug-likeness (QED) is 0.639. The number of anilines is 1. The monoisotopic (exact) mass is 403 g/mol. The van der Waals surface area contributed by atoms with Gasteiger partial charge in [0.05, 0.1) is 44.8 Å². The molecule has 0 radical (unpaired) electrons. The molecule has 2 fully saturated rings. The van der Waals surface area contributed by atoms with Gasteiger partial charge >= 0.3 is 0 Å². The molecule has 152 valence electrons. The van der Waals surface area contributed by atoms with Gasteiger partial charge in [-0.1, -0.05) is 0 Å². The molecule has 7 heteroatoms. The van der Waals surface area contributed by atoms with Gasteiger partial charge in [0.1, 0.15) is 30.3 Å². The summed E-state index contributed by atoms with van der Waals surface area (Å²) in [6, 6.07) is 0. The molecule has 0 bridgehead atoms. The van der Waals surface area contributed by atoms with Crippen molar-refractivity contribution in [2.75, 3.05) is 57.8 Å². The zero-order chi connectivity index (χ0) is 18.8. The zero-order valence-electron chi connectivity index (χ0n) is 16.8. The number of piperidine rings is 1. The van der Waals surface area contributed by atoms with Crippen molar-refractivity contribution in [3.8, 4) is 0 Å². The van der Waals surface area contributed by atoms with Crippen molar-refractivity contribution in [3.63, 3.8) is 0 Å². The van der Waals surface area contributed by atoms with Crippen LogP contribution in [0.2, 0.25) is 0 Å². The number of aromatic nitrogens is 2. The lowest BCUT2D eigenvalue weighted by molar-refractivity contribution is -0.919. The summed E-state index contributed by atoms with van der Waals surface area (Å²) in [5.74, 6) is 2.13. The molecule has 3 N–H and O–H groups in total. The summed E-state index contributed by atoms with van der Waals surface area (Å²) in [5.41, 5.74) is 1.53. The SMILES string of the molecule is C1CC[NH+](Cc2nc(NCC[NH+]3CCOCC3)c3c4c(sc3n2)CCC4)CC1. The first-order valence-corrected chi connectivity index (χ1v) is 12.0. The molecule has 0 unspecified atom stereocenters. The predicted molar refractivity (Wildman–Crippen MR) is 113 cm³/mol. The fourth-order valence-corrected chi connectivity index (χ4v) is 6.25. The van der Waals surface area contributed by atoms with E-state index in [0.717, 1.165) is 57.6 Å². The molecule has 0 amide bonds. The third kappa shape index (κ3) is 4.03. The lowest BCUT2D eigenvalue weighted by atomic mass is 10.1. The van der Waals surface area contributed by atoms with Crippen molar-refractivity contribution in [1.29, 1.82) is 0 Å². The van der Waals surface area contributed by atoms with Crippen LogP contribution >= 0.6 is 11.3 Å². The largest absolute Gasteiger partial charge is 0.370 e. The van der Waals surface area contributed by atoms with E-state index in [2.05, 4.69) is 5.32 Å². The number of ether oxygens (including phenoxy) is 1. The first-order valence-electron chi connectivity index (χ1n) is 11.2. The summed E-state index contributed by atoms with van der Waals surface area (Å²) in [6.45, 7) is 9.66. The molecule has 2 aromatic rings. The van der Waals surface area contributed by atoms with Crippen LogP contribution in [0.5, 0.6) is 0 Å². The third-order valence-electron chi connectivity index (χ3n) is 6.55. The third-order valence-corrected chi connectivity index (χ3v) is 7.74. The summed E-state index contributed by atoms with van der Waals surface area (Å²) in [7, 11) is 0. The van der Waals surface area contributed by atoms with Gasteiger partial charge < -0.3 is 19.9 Å². The van der Waals surface area contributed by atoms with Gasteiger partial charge in [-0.2, -0.15) is 0 Å². The Morgan fingerprint density at radius 3 is 2.64 bits per heavy atom. The van der Waals surface area contributed by atoms with Gasteiger partial charge in [-0.3, -0.25) is 0 Å². The molecule has 5 rings (SSSR count). The minimum atomic E-state index is 0.897. The Morgan fingerprint density at radius 1 is 0.929 bits per heavy atom. The molecule has 28 heavy (non-hydrogen) atoms. The van der Waals surface area contributed by atoms with E-state index in [1.807, 2.05) is 11.3 Å². The Hall–Kier alpha value is -1.28. The van der Waals surface area contributed by atoms with Crippen LogP contribution in [0.4, 0.5) is 5.82 Å². The van der Waals surface area contributed by atoms with Crippen LogP contribution < -0.4 is 15.1 Å². The van der Waals surface area contributed by atoms with Crippen LogP contribution in [-0.4, -0.2) is 62.5 Å². The summed E-state index contributed by atoms with van der Waals surface area (Å²) >= 11 is 1.92. The summed E-state index contributed by atoms with van der Waals surface area (Å²) in [6.07, 6.45) is 7.78. The smallest absolute Gasteiger partial charge is 0.187 e. The van der Waals surface area contributed by atoms with Gasteiger partial charge in [0, 0.05) is 4.88 Å². The van der Waals surface area contributed by atoms with E-state index in [0.29, 0.717) is 0 Å². The fourth-order valence-electron chi connectivity index (χ4n) is 4.97. The Morgan fingerprint density at radius 2 is 1.79 bits per heavy atom. The van der Waals surface area contributed by atoms with Crippen molar-refractivity contribution >= 4 is 27.4 Å². The number of quaternary nitrogens is 2. The first kappa shape index (κ1) is 18.7. The fraction of sp³-hybridized carbons (Fsp3) is 0.714. The van der Waals surface area contributed by atoms with E-state index in [9.17, 15) is 0 Å². The summed E-state index contributed by atoms with van der Waals surface area (Å²) in [5, 5.41) is 5.04. The molecular weight excluding hydrogens is 370 g/mol. The van der Waals surface area contributed by atoms with E-state index in [1.165, 1.54) is 67.4 Å². The van der Waals surface area contributed by atoms with Crippen molar-refractivity contribution in [2.45, 2.75) is 45.1 Å². The normalized spacial score (nSPS) is 21.3. The van der Waals surface area contributed by atoms with Gasteiger partial charge in [0.15, 0.2) is 5.82 Å². The van der Waals surface area contributed by atoms with E-state index in [1.54, 1.807) is 14.7 Å². The average Bonchev–Trinajstić information content (AvgIpc) is 3.30. The van der Waals surface area contributed by atoms with Crippen LogP contribution in [0.25, 0.3) is 10.2 Å². The van der Waals surface area contributed by atoms with Gasteiger partial charge in [-0.25, -0.2) is 9.97 Å². The number of morpholine rings is 1. The van der Waals surface area contributed by atoms with Crippen molar-refractivity contribution in [3.05, 3.63) is 16.3 Å². The topological polar surface area (TPSA) is 55.9 Å². The van der Waals surface area contributed by atoms with E-state index in [4.69, 9.17) is 14.7 Å². The molecule has 1 aliphatic carbocycles. The number of nitrogens with zero attached hydrogens (tertiary/aromatic N) is 2. The second kappa shape index (κ2) is 8.61. The maximum atomic E-state index is 5.49. The molecule has 4 heterocycles. The highest BCUT2D eigenvalue weighted by Crippen LogP contribution is 2.39. The highest BCUT2D eigenvalue weighted by Gasteiger charge is 2.24. The number of aryl methyl sites for hydroxylation is 2. The van der Waals surface area contributed by atoms with Crippen LogP contribution in [0.1, 0.15) is 41.9 Å². The Balaban J connectivity index is 1.36. The lowest BCUT2D eigenvalue weighted by Gasteiger charge is -2.24. The minimum Gasteiger partial charge on any atom is -0.370 e. The predicted octanol–water partition coefficient (Wildman–Crippen LogP) is 0.0758. The number of fused-ring (bicyclic) bond motifs is 3. The number of likely N-dealkylation sites (tertiary alicyclic amines) is 1. The van der Waals surface area contributed by atoms with E-state index >= 15 is 0 Å². The van der Waals surface area contributed by atoms with Crippen LogP contribution in [-0.2, 0) is 24.1 Å². The second-order valence-corrected chi connectivity index (χ2v) is 9.64.